The highest BCUT2D eigenvalue weighted by molar-refractivity contribution is 6.05. The van der Waals surface area contributed by atoms with Crippen LogP contribution < -0.4 is 0 Å². The molecule has 0 radical (unpaired) electrons. The molecule has 0 aromatic heterocycles. The van der Waals surface area contributed by atoms with Crippen molar-refractivity contribution in [2.24, 2.45) is 0 Å². The number of ether oxygens (including phenoxy) is 1. The second-order valence-corrected chi connectivity index (χ2v) is 4.97. The van der Waals surface area contributed by atoms with Gasteiger partial charge >= 0.3 is 11.9 Å². The first-order valence-electron chi connectivity index (χ1n) is 6.82. The van der Waals surface area contributed by atoms with Crippen LogP contribution in [-0.4, -0.2) is 28.8 Å². The Kier molecular flexibility index (Phi) is 5.08. The molecule has 0 saturated carbocycles. The summed E-state index contributed by atoms with van der Waals surface area (Å²) in [6.45, 7) is -0.662. The van der Waals surface area contributed by atoms with E-state index in [-0.39, 0.29) is 6.61 Å². The second kappa shape index (κ2) is 7.02. The normalized spacial score (nSPS) is 11.2. The van der Waals surface area contributed by atoms with Gasteiger partial charge in [-0.3, -0.25) is 9.59 Å². The van der Waals surface area contributed by atoms with E-state index < -0.39 is 35.3 Å². The Labute approximate surface area is 132 Å². The summed E-state index contributed by atoms with van der Waals surface area (Å²) in [4.78, 5) is 23.3. The van der Waals surface area contributed by atoms with Crippen LogP contribution in [0.5, 0.6) is 0 Å². The summed E-state index contributed by atoms with van der Waals surface area (Å²) in [6.07, 6.45) is 0. The molecule has 5 nitrogen and oxygen atoms in total. The third-order valence-electron chi connectivity index (χ3n) is 3.49. The summed E-state index contributed by atoms with van der Waals surface area (Å²) in [5.74, 6) is -4.26. The van der Waals surface area contributed by atoms with Gasteiger partial charge < -0.3 is 14.9 Å². The van der Waals surface area contributed by atoms with E-state index in [0.717, 1.165) is 17.7 Å². The zero-order valence-corrected chi connectivity index (χ0v) is 12.1. The summed E-state index contributed by atoms with van der Waals surface area (Å²) >= 11 is 0. The maximum atomic E-state index is 14.0. The topological polar surface area (TPSA) is 83.8 Å². The van der Waals surface area contributed by atoms with Gasteiger partial charge in [0.1, 0.15) is 5.82 Å². The fourth-order valence-corrected chi connectivity index (χ4v) is 2.23. The van der Waals surface area contributed by atoms with E-state index in [9.17, 15) is 24.2 Å². The van der Waals surface area contributed by atoms with Gasteiger partial charge in [0, 0.05) is 5.56 Å². The monoisotopic (exact) mass is 318 g/mol. The van der Waals surface area contributed by atoms with Gasteiger partial charge in [-0.15, -0.1) is 0 Å². The molecule has 0 atom stereocenters. The SMILES string of the molecule is O=C(O)C(COCc1ccccc1)(C(=O)O)c1ccccc1F. The van der Waals surface area contributed by atoms with E-state index in [1.165, 1.54) is 12.1 Å². The Hall–Kier alpha value is -2.73. The number of benzene rings is 2. The van der Waals surface area contributed by atoms with Crippen LogP contribution in [-0.2, 0) is 26.3 Å². The lowest BCUT2D eigenvalue weighted by atomic mass is 9.81. The molecule has 0 aliphatic rings. The molecule has 0 heterocycles. The third-order valence-corrected chi connectivity index (χ3v) is 3.49. The van der Waals surface area contributed by atoms with Gasteiger partial charge in [0.2, 0.25) is 5.41 Å². The molecule has 23 heavy (non-hydrogen) atoms. The second-order valence-electron chi connectivity index (χ2n) is 4.97. The molecule has 6 heteroatoms. The number of halogens is 1. The fraction of sp³-hybridized carbons (Fsp3) is 0.176. The number of hydrogen-bond acceptors (Lipinski definition) is 3. The van der Waals surface area contributed by atoms with Gasteiger partial charge in [-0.05, 0) is 11.6 Å². The molecule has 0 aliphatic heterocycles. The summed E-state index contributed by atoms with van der Waals surface area (Å²) in [5.41, 5.74) is -2.18. The first-order valence-corrected chi connectivity index (χ1v) is 6.82. The van der Waals surface area contributed by atoms with Crippen LogP contribution >= 0.6 is 0 Å². The predicted molar refractivity (Wildman–Crippen MR) is 79.4 cm³/mol. The number of hydrogen-bond donors (Lipinski definition) is 2. The number of aliphatic carboxylic acids is 2. The van der Waals surface area contributed by atoms with Crippen LogP contribution in [0, 0.1) is 5.82 Å². The average Bonchev–Trinajstić information content (AvgIpc) is 2.53. The van der Waals surface area contributed by atoms with E-state index in [1.807, 2.05) is 6.07 Å². The molecule has 0 saturated heterocycles. The Bertz CT molecular complexity index is 685. The lowest BCUT2D eigenvalue weighted by molar-refractivity contribution is -0.161. The van der Waals surface area contributed by atoms with Crippen LogP contribution in [0.4, 0.5) is 4.39 Å². The lowest BCUT2D eigenvalue weighted by Crippen LogP contribution is -2.48. The van der Waals surface area contributed by atoms with Gasteiger partial charge in [0.15, 0.2) is 0 Å². The molecule has 2 aromatic carbocycles. The first-order chi connectivity index (χ1) is 11.0. The van der Waals surface area contributed by atoms with Crippen LogP contribution in [0.15, 0.2) is 54.6 Å². The highest BCUT2D eigenvalue weighted by Gasteiger charge is 2.50. The van der Waals surface area contributed by atoms with Crippen molar-refractivity contribution in [3.05, 3.63) is 71.5 Å². The predicted octanol–water partition coefficient (Wildman–Crippen LogP) is 2.45. The van der Waals surface area contributed by atoms with E-state index in [1.54, 1.807) is 24.3 Å². The van der Waals surface area contributed by atoms with Gasteiger partial charge in [0.25, 0.3) is 0 Å². The molecule has 2 N–H and O–H groups in total. The van der Waals surface area contributed by atoms with Gasteiger partial charge in [-0.1, -0.05) is 48.5 Å². The average molecular weight is 318 g/mol. The quantitative estimate of drug-likeness (QED) is 0.766. The van der Waals surface area contributed by atoms with Gasteiger partial charge in [0.05, 0.1) is 13.2 Å². The summed E-state index contributed by atoms with van der Waals surface area (Å²) < 4.78 is 19.3. The number of carboxylic acids is 2. The molecule has 0 fully saturated rings. The molecular formula is C17H15FO5. The van der Waals surface area contributed by atoms with Crippen LogP contribution in [0.25, 0.3) is 0 Å². The van der Waals surface area contributed by atoms with Crippen molar-refractivity contribution in [2.75, 3.05) is 6.61 Å². The van der Waals surface area contributed by atoms with Crippen molar-refractivity contribution in [2.45, 2.75) is 12.0 Å². The Morgan fingerprint density at radius 2 is 1.52 bits per heavy atom. The number of carbonyl (C=O) groups is 2. The molecule has 2 rings (SSSR count). The zero-order valence-electron chi connectivity index (χ0n) is 12.1. The van der Waals surface area contributed by atoms with Crippen molar-refractivity contribution < 1.29 is 28.9 Å². The highest BCUT2D eigenvalue weighted by Crippen LogP contribution is 2.28. The van der Waals surface area contributed by atoms with Crippen molar-refractivity contribution in [1.82, 2.24) is 0 Å². The maximum Gasteiger partial charge on any atom is 0.328 e. The number of rotatable bonds is 7. The number of carboxylic acid groups (broad SMARTS) is 2. The van der Waals surface area contributed by atoms with Crippen LogP contribution in [0.3, 0.4) is 0 Å². The molecule has 0 aliphatic carbocycles. The van der Waals surface area contributed by atoms with Crippen molar-refractivity contribution >= 4 is 11.9 Å². The lowest BCUT2D eigenvalue weighted by Gasteiger charge is -2.25. The van der Waals surface area contributed by atoms with Crippen molar-refractivity contribution in [1.29, 1.82) is 0 Å². The highest BCUT2D eigenvalue weighted by atomic mass is 19.1. The zero-order chi connectivity index (χ0) is 16.9. The summed E-state index contributed by atoms with van der Waals surface area (Å²) in [7, 11) is 0. The van der Waals surface area contributed by atoms with Crippen LogP contribution in [0.1, 0.15) is 11.1 Å². The maximum absolute atomic E-state index is 14.0. The Morgan fingerprint density at radius 1 is 0.957 bits per heavy atom. The van der Waals surface area contributed by atoms with E-state index >= 15 is 0 Å². The molecule has 0 spiro atoms. The Balaban J connectivity index is 2.30. The van der Waals surface area contributed by atoms with Crippen molar-refractivity contribution in [3.63, 3.8) is 0 Å². The molecule has 120 valence electrons. The standard InChI is InChI=1S/C17H15FO5/c18-14-9-5-4-8-13(14)17(15(19)20,16(21)22)11-23-10-12-6-2-1-3-7-12/h1-9H,10-11H2,(H,19,20)(H,21,22). The molecule has 2 aromatic rings. The largest absolute Gasteiger partial charge is 0.480 e. The molecular weight excluding hydrogens is 303 g/mol. The fourth-order valence-electron chi connectivity index (χ4n) is 2.23. The van der Waals surface area contributed by atoms with E-state index in [0.29, 0.717) is 0 Å². The third kappa shape index (κ3) is 3.37. The first kappa shape index (κ1) is 16.6. The molecule has 0 bridgehead atoms. The minimum absolute atomic E-state index is 0.0254. The Morgan fingerprint density at radius 3 is 2.09 bits per heavy atom. The van der Waals surface area contributed by atoms with Gasteiger partial charge in [-0.25, -0.2) is 4.39 Å². The van der Waals surface area contributed by atoms with E-state index in [4.69, 9.17) is 4.74 Å². The van der Waals surface area contributed by atoms with Gasteiger partial charge in [-0.2, -0.15) is 0 Å². The summed E-state index contributed by atoms with van der Waals surface area (Å²) in [6, 6.07) is 13.8. The molecule has 0 unspecified atom stereocenters. The minimum atomic E-state index is -2.50. The van der Waals surface area contributed by atoms with Crippen LogP contribution in [0.2, 0.25) is 0 Å². The molecule has 0 amide bonds. The van der Waals surface area contributed by atoms with Crippen molar-refractivity contribution in [3.8, 4) is 0 Å². The smallest absolute Gasteiger partial charge is 0.328 e. The van der Waals surface area contributed by atoms with E-state index in [2.05, 4.69) is 0 Å². The summed E-state index contributed by atoms with van der Waals surface area (Å²) in [5, 5.41) is 18.9. The minimum Gasteiger partial charge on any atom is -0.480 e.